The molecule has 2 aromatic carbocycles. The molecule has 2 unspecified atom stereocenters. The number of sulfonamides is 1. The van der Waals surface area contributed by atoms with Gasteiger partial charge in [-0.2, -0.15) is 0 Å². The fourth-order valence-electron chi connectivity index (χ4n) is 3.26. The van der Waals surface area contributed by atoms with Crippen molar-refractivity contribution in [2.24, 2.45) is 5.92 Å². The molecule has 1 heterocycles. The molecule has 1 saturated carbocycles. The average Bonchev–Trinajstić information content (AvgIpc) is 3.33. The Labute approximate surface area is 182 Å². The first-order valence-electron chi connectivity index (χ1n) is 9.37. The van der Waals surface area contributed by atoms with Crippen LogP contribution >= 0.6 is 11.3 Å². The smallest absolute Gasteiger partial charge is 0.271 e. The summed E-state index contributed by atoms with van der Waals surface area (Å²) in [4.78, 5) is 24.9. The van der Waals surface area contributed by atoms with Gasteiger partial charge in [-0.1, -0.05) is 36.4 Å². The van der Waals surface area contributed by atoms with Gasteiger partial charge in [0.15, 0.2) is 0 Å². The van der Waals surface area contributed by atoms with Crippen LogP contribution in [0.2, 0.25) is 0 Å². The first kappa shape index (κ1) is 21.0. The highest BCUT2D eigenvalue weighted by atomic mass is 32.2. The van der Waals surface area contributed by atoms with Crippen molar-refractivity contribution in [1.82, 2.24) is 10.9 Å². The molecular weight excluding hydrogens is 441 g/mol. The van der Waals surface area contributed by atoms with Gasteiger partial charge in [-0.05, 0) is 47.5 Å². The fraction of sp³-hybridized carbons (Fsp3) is 0.143. The second-order valence-corrected chi connectivity index (χ2v) is 9.85. The fourth-order valence-corrected chi connectivity index (χ4v) is 5.34. The first-order valence-corrected chi connectivity index (χ1v) is 11.7. The molecule has 0 radical (unpaired) electrons. The maximum absolute atomic E-state index is 13.9. The molecule has 10 heteroatoms. The molecule has 4 rings (SSSR count). The van der Waals surface area contributed by atoms with E-state index in [2.05, 4.69) is 15.6 Å². The van der Waals surface area contributed by atoms with Crippen molar-refractivity contribution in [3.8, 4) is 0 Å². The molecule has 3 N–H and O–H groups in total. The van der Waals surface area contributed by atoms with Gasteiger partial charge in [-0.15, -0.1) is 11.3 Å². The minimum atomic E-state index is -3.84. The number of carbonyl (C=O) groups excluding carboxylic acids is 2. The number of halogens is 1. The summed E-state index contributed by atoms with van der Waals surface area (Å²) >= 11 is 1.05. The number of carbonyl (C=O) groups is 2. The lowest BCUT2D eigenvalue weighted by atomic mass is 10.1. The van der Waals surface area contributed by atoms with Gasteiger partial charge in [0, 0.05) is 5.92 Å². The van der Waals surface area contributed by atoms with E-state index in [1.54, 1.807) is 41.8 Å². The first-order chi connectivity index (χ1) is 14.9. The van der Waals surface area contributed by atoms with Crippen LogP contribution in [0.1, 0.15) is 28.3 Å². The third kappa shape index (κ3) is 4.59. The van der Waals surface area contributed by atoms with Crippen LogP contribution < -0.4 is 15.6 Å². The van der Waals surface area contributed by atoms with Gasteiger partial charge in [0.05, 0.1) is 11.3 Å². The summed E-state index contributed by atoms with van der Waals surface area (Å²) in [5.74, 6) is -2.15. The van der Waals surface area contributed by atoms with E-state index in [9.17, 15) is 22.4 Å². The summed E-state index contributed by atoms with van der Waals surface area (Å²) in [5.41, 5.74) is 5.25. The van der Waals surface area contributed by atoms with Crippen molar-refractivity contribution in [2.75, 3.05) is 4.72 Å². The topological polar surface area (TPSA) is 104 Å². The van der Waals surface area contributed by atoms with Gasteiger partial charge in [-0.3, -0.25) is 25.2 Å². The second-order valence-electron chi connectivity index (χ2n) is 7.00. The predicted molar refractivity (Wildman–Crippen MR) is 114 cm³/mol. The van der Waals surface area contributed by atoms with Crippen LogP contribution in [0.15, 0.2) is 70.3 Å². The molecule has 1 aliphatic rings. The number of nitrogens with one attached hydrogen (secondary N) is 3. The van der Waals surface area contributed by atoms with Gasteiger partial charge >= 0.3 is 0 Å². The van der Waals surface area contributed by atoms with Crippen LogP contribution in [0.5, 0.6) is 0 Å². The minimum Gasteiger partial charge on any atom is -0.278 e. The molecule has 0 bridgehead atoms. The number of hydrogen-bond donors (Lipinski definition) is 3. The van der Waals surface area contributed by atoms with E-state index in [0.29, 0.717) is 12.0 Å². The van der Waals surface area contributed by atoms with Crippen molar-refractivity contribution >= 4 is 38.9 Å². The Bertz CT molecular complexity index is 1230. The number of benzene rings is 2. The maximum atomic E-state index is 13.9. The van der Waals surface area contributed by atoms with Gasteiger partial charge in [0.1, 0.15) is 10.0 Å². The van der Waals surface area contributed by atoms with E-state index in [1.165, 1.54) is 24.3 Å². The van der Waals surface area contributed by atoms with Crippen LogP contribution in [0, 0.1) is 11.7 Å². The van der Waals surface area contributed by atoms with E-state index in [0.717, 1.165) is 11.3 Å². The second kappa shape index (κ2) is 8.48. The molecular formula is C21H18FN3O4S2. The maximum Gasteiger partial charge on any atom is 0.271 e. The third-order valence-corrected chi connectivity index (χ3v) is 7.67. The lowest BCUT2D eigenvalue weighted by Gasteiger charge is -2.12. The molecule has 0 aliphatic heterocycles. The van der Waals surface area contributed by atoms with E-state index in [1.807, 2.05) is 0 Å². The Morgan fingerprint density at radius 2 is 1.71 bits per heavy atom. The third-order valence-electron chi connectivity index (χ3n) is 4.91. The van der Waals surface area contributed by atoms with Gasteiger partial charge in [0.25, 0.3) is 15.9 Å². The zero-order chi connectivity index (χ0) is 22.0. The highest BCUT2D eigenvalue weighted by molar-refractivity contribution is 7.94. The number of rotatable bonds is 6. The molecule has 2 amide bonds. The van der Waals surface area contributed by atoms with Gasteiger partial charge in [-0.25, -0.2) is 12.8 Å². The zero-order valence-corrected chi connectivity index (χ0v) is 17.7. The molecule has 160 valence electrons. The summed E-state index contributed by atoms with van der Waals surface area (Å²) in [7, 11) is -3.84. The molecule has 3 aromatic rings. The number of hydrogen-bond acceptors (Lipinski definition) is 5. The largest absolute Gasteiger partial charge is 0.278 e. The summed E-state index contributed by atoms with van der Waals surface area (Å²) in [6, 6.07) is 15.4. The Hall–Kier alpha value is -3.24. The Kier molecular flexibility index (Phi) is 5.75. The number of anilines is 1. The normalized spacial score (nSPS) is 17.6. The molecule has 2 atom stereocenters. The number of amides is 2. The number of thiophene rings is 1. The SMILES string of the molecule is O=C(NNC(=O)C1CC1c1ccccc1F)c1ccccc1NS(=O)(=O)c1cccs1. The highest BCUT2D eigenvalue weighted by Crippen LogP contribution is 2.48. The summed E-state index contributed by atoms with van der Waals surface area (Å²) in [6.07, 6.45) is 0.486. The monoisotopic (exact) mass is 459 g/mol. The quantitative estimate of drug-likeness (QED) is 0.492. The van der Waals surface area contributed by atoms with E-state index >= 15 is 0 Å². The van der Waals surface area contributed by atoms with Crippen LogP contribution in [0.4, 0.5) is 10.1 Å². The summed E-state index contributed by atoms with van der Waals surface area (Å²) < 4.78 is 41.3. The van der Waals surface area contributed by atoms with Crippen molar-refractivity contribution in [2.45, 2.75) is 16.5 Å². The van der Waals surface area contributed by atoms with Crippen LogP contribution in [0.25, 0.3) is 0 Å². The average molecular weight is 460 g/mol. The Balaban J connectivity index is 1.40. The number of hydrazine groups is 1. The van der Waals surface area contributed by atoms with Crippen molar-refractivity contribution < 1.29 is 22.4 Å². The molecule has 1 aliphatic carbocycles. The molecule has 0 saturated heterocycles. The standard InChI is InChI=1S/C21H18FN3O4S2/c22-17-8-3-1-6-13(17)15-12-16(15)21(27)24-23-20(26)14-7-2-4-9-18(14)25-31(28,29)19-10-5-11-30-19/h1-11,15-16,25H,12H2,(H,23,26)(H,24,27). The molecule has 31 heavy (non-hydrogen) atoms. The van der Waals surface area contributed by atoms with Crippen molar-refractivity contribution in [3.05, 3.63) is 83.0 Å². The minimum absolute atomic E-state index is 0.0457. The van der Waals surface area contributed by atoms with Gasteiger partial charge in [0.2, 0.25) is 5.91 Å². The lowest BCUT2D eigenvalue weighted by Crippen LogP contribution is -2.42. The van der Waals surface area contributed by atoms with Gasteiger partial charge < -0.3 is 0 Å². The van der Waals surface area contributed by atoms with Crippen molar-refractivity contribution in [1.29, 1.82) is 0 Å². The molecule has 1 fully saturated rings. The highest BCUT2D eigenvalue weighted by Gasteiger charge is 2.45. The van der Waals surface area contributed by atoms with Crippen molar-refractivity contribution in [3.63, 3.8) is 0 Å². The van der Waals surface area contributed by atoms with Crippen LogP contribution in [0.3, 0.4) is 0 Å². The predicted octanol–water partition coefficient (Wildman–Crippen LogP) is 3.25. The Morgan fingerprint density at radius 3 is 2.45 bits per heavy atom. The number of para-hydroxylation sites is 1. The summed E-state index contributed by atoms with van der Waals surface area (Å²) in [5, 5.41) is 1.63. The lowest BCUT2D eigenvalue weighted by molar-refractivity contribution is -0.123. The van der Waals surface area contributed by atoms with Crippen LogP contribution in [-0.4, -0.2) is 20.2 Å². The molecule has 0 spiro atoms. The zero-order valence-electron chi connectivity index (χ0n) is 16.0. The van der Waals surface area contributed by atoms with E-state index in [4.69, 9.17) is 0 Å². The molecule has 1 aromatic heterocycles. The van der Waals surface area contributed by atoms with E-state index in [-0.39, 0.29) is 27.2 Å². The van der Waals surface area contributed by atoms with E-state index < -0.39 is 27.8 Å². The summed E-state index contributed by atoms with van der Waals surface area (Å²) in [6.45, 7) is 0. The van der Waals surface area contributed by atoms with Crippen LogP contribution in [-0.2, 0) is 14.8 Å². The Morgan fingerprint density at radius 1 is 0.968 bits per heavy atom. The molecule has 7 nitrogen and oxygen atoms in total.